The summed E-state index contributed by atoms with van der Waals surface area (Å²) in [7, 11) is 18.2. The summed E-state index contributed by atoms with van der Waals surface area (Å²) in [5.41, 5.74) is 15.0. The van der Waals surface area contributed by atoms with E-state index < -0.39 is 21.5 Å². The van der Waals surface area contributed by atoms with Crippen LogP contribution in [0.2, 0.25) is 13.1 Å². The molecule has 2 heterocycles. The third-order valence-electron chi connectivity index (χ3n) is 14.0. The van der Waals surface area contributed by atoms with Crippen LogP contribution in [0.25, 0.3) is 34.4 Å². The maximum atomic E-state index is 9.08. The molecule has 2 aliphatic heterocycles. The first kappa shape index (κ1) is 44.5. The Morgan fingerprint density at radius 3 is 1.23 bits per heavy atom. The van der Waals surface area contributed by atoms with Crippen molar-refractivity contribution < 1.29 is 34.5 Å². The second-order valence-corrected chi connectivity index (χ2v) is 64.1. The van der Waals surface area contributed by atoms with Crippen LogP contribution < -0.4 is 0 Å². The summed E-state index contributed by atoms with van der Waals surface area (Å²) in [6.07, 6.45) is 6.57. The van der Waals surface area contributed by atoms with Crippen LogP contribution in [0.1, 0.15) is 109 Å². The van der Waals surface area contributed by atoms with E-state index in [1.54, 1.807) is 0 Å². The molecule has 8 heteroatoms. The molecule has 0 N–H and O–H groups in total. The third kappa shape index (κ3) is 8.13. The first-order chi connectivity index (χ1) is 28.2. The molecule has 2 aliphatic carbocycles. The van der Waals surface area contributed by atoms with Gasteiger partial charge in [0, 0.05) is 0 Å². The molecular formula is C52H65Cl2O4SiZr. The molecular weight excluding hydrogens is 879 g/mol. The molecule has 2 atom stereocenters. The molecule has 0 spiro atoms. The van der Waals surface area contributed by atoms with Crippen molar-refractivity contribution in [1.82, 2.24) is 0 Å². The summed E-state index contributed by atoms with van der Waals surface area (Å²) in [6, 6.07) is 32.1. The van der Waals surface area contributed by atoms with Gasteiger partial charge in [0.1, 0.15) is 0 Å². The Balaban J connectivity index is 1.34. The number of ether oxygens (including phenoxy) is 4. The average Bonchev–Trinajstić information content (AvgIpc) is 3.76. The van der Waals surface area contributed by atoms with Crippen LogP contribution in [-0.2, 0) is 45.3 Å². The normalized spacial score (nSPS) is 22.1. The van der Waals surface area contributed by atoms with Gasteiger partial charge in [-0.25, -0.2) is 0 Å². The van der Waals surface area contributed by atoms with Crippen LogP contribution in [0, 0.1) is 10.8 Å². The van der Waals surface area contributed by atoms with Gasteiger partial charge < -0.3 is 0 Å². The molecule has 2 saturated heterocycles. The van der Waals surface area contributed by atoms with Crippen molar-refractivity contribution in [1.29, 1.82) is 0 Å². The number of hydrogen-bond acceptors (Lipinski definition) is 4. The van der Waals surface area contributed by atoms with Crippen molar-refractivity contribution >= 4 is 35.1 Å². The molecule has 4 aliphatic rings. The summed E-state index contributed by atoms with van der Waals surface area (Å²) < 4.78 is 23.9. The molecule has 0 amide bonds. The van der Waals surface area contributed by atoms with Gasteiger partial charge in [-0.15, -0.1) is 0 Å². The van der Waals surface area contributed by atoms with Crippen LogP contribution in [0.4, 0.5) is 0 Å². The van der Waals surface area contributed by atoms with Crippen molar-refractivity contribution in [2.45, 2.75) is 99.4 Å². The Labute approximate surface area is 368 Å². The zero-order chi connectivity index (χ0) is 42.9. The van der Waals surface area contributed by atoms with Gasteiger partial charge in [-0.05, 0) is 0 Å². The van der Waals surface area contributed by atoms with Crippen molar-refractivity contribution in [3.8, 4) is 22.3 Å². The standard InChI is InChI=1S/2C25H29O2.C2H7Si.2ClH.Zr/c2*1-24(2,3)21-10-8-19(9-11-21)22-7-5-6-20-12-18(13-23(20)22)14-25(4)15-26-17-27-16-25;1-3-2;;;/h2*5-13H,14-17H2,1-4H3;3H,1-2H3;2*1H;/q;;;;;+2/p-2. The zero-order valence-electron chi connectivity index (χ0n) is 37.5. The third-order valence-corrected chi connectivity index (χ3v) is 65.9. The zero-order valence-corrected chi connectivity index (χ0v) is 42.6. The molecule has 4 aromatic rings. The maximum absolute atomic E-state index is 9.08. The molecule has 4 aromatic carbocycles. The Bertz CT molecular complexity index is 2150. The monoisotopic (exact) mass is 941 g/mol. The fraction of sp³-hybridized carbons (Fsp3) is 0.462. The Morgan fingerprint density at radius 2 is 0.917 bits per heavy atom. The van der Waals surface area contributed by atoms with Crippen molar-refractivity contribution in [3.63, 3.8) is 0 Å². The molecule has 0 aromatic heterocycles. The summed E-state index contributed by atoms with van der Waals surface area (Å²) >= 11 is -5.25. The van der Waals surface area contributed by atoms with E-state index in [-0.39, 0.29) is 28.9 Å². The minimum atomic E-state index is -5.25. The Kier molecular flexibility index (Phi) is 12.0. The summed E-state index contributed by atoms with van der Waals surface area (Å²) in [5, 5.41) is 0. The van der Waals surface area contributed by atoms with Gasteiger partial charge in [-0.3, -0.25) is 0 Å². The molecule has 2 unspecified atom stereocenters. The van der Waals surface area contributed by atoms with Gasteiger partial charge >= 0.3 is 372 Å². The number of benzene rings is 4. The Morgan fingerprint density at radius 1 is 0.567 bits per heavy atom. The number of fused-ring (bicyclic) bond motifs is 2. The quantitative estimate of drug-likeness (QED) is 0.157. The molecule has 0 radical (unpaired) electrons. The van der Waals surface area contributed by atoms with Gasteiger partial charge in [0.2, 0.25) is 0 Å². The fourth-order valence-corrected chi connectivity index (χ4v) is 42.0. The van der Waals surface area contributed by atoms with Crippen LogP contribution in [0.15, 0.2) is 96.1 Å². The first-order valence-electron chi connectivity index (χ1n) is 22.0. The van der Waals surface area contributed by atoms with E-state index >= 15 is 0 Å². The predicted octanol–water partition coefficient (Wildman–Crippen LogP) is 14.0. The van der Waals surface area contributed by atoms with Crippen molar-refractivity contribution in [2.75, 3.05) is 40.0 Å². The summed E-state index contributed by atoms with van der Waals surface area (Å²) in [6.45, 7) is 26.3. The first-order valence-corrected chi connectivity index (χ1v) is 38.3. The van der Waals surface area contributed by atoms with Crippen LogP contribution in [-0.4, -0.2) is 45.9 Å². The fourth-order valence-electron chi connectivity index (χ4n) is 10.7. The van der Waals surface area contributed by atoms with E-state index in [2.05, 4.69) is 166 Å². The van der Waals surface area contributed by atoms with E-state index in [0.29, 0.717) is 40.0 Å². The van der Waals surface area contributed by atoms with E-state index in [4.69, 9.17) is 36.0 Å². The van der Waals surface area contributed by atoms with Crippen LogP contribution in [0.5, 0.6) is 0 Å². The van der Waals surface area contributed by atoms with E-state index in [0.717, 1.165) is 12.8 Å². The average molecular weight is 944 g/mol. The second kappa shape index (κ2) is 16.1. The molecule has 319 valence electrons. The molecule has 8 rings (SSSR count). The molecule has 2 fully saturated rings. The molecule has 0 bridgehead atoms. The number of halogens is 2. The SMILES string of the molecule is C[SiH](C)[Zr]([Cl])([Cl])([CH]1C(CC2(C)COCOC2)=Cc2c(-c3ccc(C(C)(C)C)cc3)cccc21)[CH]1C(CC2(C)COCOC2)=Cc2c(-c3ccc(C(C)(C)C)cc3)cccc21. The number of allylic oxidation sites excluding steroid dienone is 2. The van der Waals surface area contributed by atoms with Gasteiger partial charge in [-0.2, -0.15) is 0 Å². The molecule has 4 nitrogen and oxygen atoms in total. The van der Waals surface area contributed by atoms with E-state index in [1.165, 1.54) is 66.8 Å². The molecule has 0 saturated carbocycles. The van der Waals surface area contributed by atoms with E-state index in [1.807, 2.05) is 0 Å². The van der Waals surface area contributed by atoms with Gasteiger partial charge in [0.15, 0.2) is 0 Å². The van der Waals surface area contributed by atoms with Gasteiger partial charge in [0.25, 0.3) is 0 Å². The number of rotatable bonds is 9. The van der Waals surface area contributed by atoms with Crippen molar-refractivity contribution in [3.05, 3.63) is 129 Å². The molecule has 60 heavy (non-hydrogen) atoms. The second-order valence-electron chi connectivity index (χ2n) is 21.6. The predicted molar refractivity (Wildman–Crippen MR) is 252 cm³/mol. The van der Waals surface area contributed by atoms with E-state index in [9.17, 15) is 0 Å². The van der Waals surface area contributed by atoms with Crippen LogP contribution in [0.3, 0.4) is 0 Å². The van der Waals surface area contributed by atoms with Gasteiger partial charge in [-0.1, -0.05) is 0 Å². The van der Waals surface area contributed by atoms with Crippen LogP contribution >= 0.6 is 17.0 Å². The van der Waals surface area contributed by atoms with Gasteiger partial charge in [0.05, 0.1) is 0 Å². The summed E-state index contributed by atoms with van der Waals surface area (Å²) in [5.74, 6) is -1.87. The summed E-state index contributed by atoms with van der Waals surface area (Å²) in [4.78, 5) is 0. The Hall–Kier alpha value is -2.12. The topological polar surface area (TPSA) is 36.9 Å². The van der Waals surface area contributed by atoms with Crippen molar-refractivity contribution in [2.24, 2.45) is 10.8 Å². The number of hydrogen-bond donors (Lipinski definition) is 0. The minimum absolute atomic E-state index is 0.0694.